The fraction of sp³-hybridized carbons (Fsp3) is 0. The minimum absolute atomic E-state index is 0.00306. The second-order valence-electron chi connectivity index (χ2n) is 3.22. The van der Waals surface area contributed by atoms with Crippen molar-refractivity contribution in [2.75, 3.05) is 0 Å². The molecule has 0 aliphatic heterocycles. The van der Waals surface area contributed by atoms with Gasteiger partial charge < -0.3 is 9.84 Å². The molecule has 0 fully saturated rings. The van der Waals surface area contributed by atoms with Crippen LogP contribution in [0.5, 0.6) is 11.6 Å². The van der Waals surface area contributed by atoms with Crippen LogP contribution in [-0.2, 0) is 0 Å². The van der Waals surface area contributed by atoms with E-state index >= 15 is 0 Å². The van der Waals surface area contributed by atoms with Gasteiger partial charge in [0, 0.05) is 6.20 Å². The Hall–Kier alpha value is -2.02. The molecule has 1 aromatic heterocycles. The van der Waals surface area contributed by atoms with E-state index in [0.29, 0.717) is 4.47 Å². The van der Waals surface area contributed by atoms with Crippen LogP contribution in [0.2, 0.25) is 0 Å². The third-order valence-corrected chi connectivity index (χ3v) is 2.56. The van der Waals surface area contributed by atoms with Crippen LogP contribution in [0.25, 0.3) is 0 Å². The first kappa shape index (κ1) is 12.4. The molecule has 0 aliphatic carbocycles. The number of aromatic nitrogens is 2. The van der Waals surface area contributed by atoms with E-state index in [4.69, 9.17) is 9.84 Å². The topological polar surface area (TPSA) is 72.3 Å². The van der Waals surface area contributed by atoms with Gasteiger partial charge >= 0.3 is 5.97 Å². The molecular weight excluding hydrogens is 307 g/mol. The third kappa shape index (κ3) is 2.62. The van der Waals surface area contributed by atoms with Gasteiger partial charge in [-0.1, -0.05) is 0 Å². The molecule has 1 N–H and O–H groups in total. The number of benzene rings is 1. The maximum atomic E-state index is 13.0. The van der Waals surface area contributed by atoms with Crippen LogP contribution in [-0.4, -0.2) is 21.0 Å². The lowest BCUT2D eigenvalue weighted by atomic mass is 10.2. The Bertz CT molecular complexity index is 607. The highest BCUT2D eigenvalue weighted by atomic mass is 79.9. The Morgan fingerprint density at radius 3 is 2.89 bits per heavy atom. The zero-order chi connectivity index (χ0) is 13.1. The average molecular weight is 313 g/mol. The van der Waals surface area contributed by atoms with Crippen molar-refractivity contribution < 1.29 is 19.0 Å². The molecule has 0 atom stereocenters. The standard InChI is InChI=1S/C11H6BrFN2O3/c12-8-4-14-5-15-10(8)18-9-2-1-6(13)3-7(9)11(16)17/h1-5H,(H,16,17). The summed E-state index contributed by atoms with van der Waals surface area (Å²) in [4.78, 5) is 18.5. The molecule has 1 heterocycles. The molecular formula is C11H6BrFN2O3. The van der Waals surface area contributed by atoms with Gasteiger partial charge in [-0.15, -0.1) is 0 Å². The van der Waals surface area contributed by atoms with Crippen LogP contribution in [0, 0.1) is 5.82 Å². The maximum absolute atomic E-state index is 13.0. The van der Waals surface area contributed by atoms with Gasteiger partial charge in [0.1, 0.15) is 23.5 Å². The molecule has 18 heavy (non-hydrogen) atoms. The second-order valence-corrected chi connectivity index (χ2v) is 4.08. The lowest BCUT2D eigenvalue weighted by Crippen LogP contribution is -2.01. The lowest BCUT2D eigenvalue weighted by molar-refractivity contribution is 0.0693. The zero-order valence-electron chi connectivity index (χ0n) is 8.80. The van der Waals surface area contributed by atoms with Crippen LogP contribution in [0.4, 0.5) is 4.39 Å². The first-order valence-electron chi connectivity index (χ1n) is 4.74. The van der Waals surface area contributed by atoms with Crippen molar-refractivity contribution in [1.82, 2.24) is 9.97 Å². The number of carboxylic acid groups (broad SMARTS) is 1. The molecule has 1 aromatic carbocycles. The average Bonchev–Trinajstić information content (AvgIpc) is 2.34. The fourth-order valence-corrected chi connectivity index (χ4v) is 1.54. The van der Waals surface area contributed by atoms with Crippen LogP contribution in [0.1, 0.15) is 10.4 Å². The highest BCUT2D eigenvalue weighted by molar-refractivity contribution is 9.10. The van der Waals surface area contributed by atoms with Crippen molar-refractivity contribution in [3.63, 3.8) is 0 Å². The third-order valence-electron chi connectivity index (χ3n) is 2.01. The van der Waals surface area contributed by atoms with E-state index in [1.54, 1.807) is 0 Å². The highest BCUT2D eigenvalue weighted by Gasteiger charge is 2.14. The quantitative estimate of drug-likeness (QED) is 0.943. The Morgan fingerprint density at radius 2 is 2.22 bits per heavy atom. The van der Waals surface area contributed by atoms with E-state index in [-0.39, 0.29) is 17.2 Å². The molecule has 0 aliphatic rings. The van der Waals surface area contributed by atoms with E-state index in [1.807, 2.05) is 0 Å². The van der Waals surface area contributed by atoms with Crippen molar-refractivity contribution in [3.8, 4) is 11.6 Å². The van der Waals surface area contributed by atoms with E-state index < -0.39 is 11.8 Å². The monoisotopic (exact) mass is 312 g/mol. The summed E-state index contributed by atoms with van der Waals surface area (Å²) in [5.41, 5.74) is -0.277. The lowest BCUT2D eigenvalue weighted by Gasteiger charge is -2.08. The molecule has 0 saturated carbocycles. The van der Waals surface area contributed by atoms with Crippen molar-refractivity contribution in [2.24, 2.45) is 0 Å². The molecule has 2 rings (SSSR count). The van der Waals surface area contributed by atoms with Crippen molar-refractivity contribution in [3.05, 3.63) is 46.6 Å². The SMILES string of the molecule is O=C(O)c1cc(F)ccc1Oc1ncncc1Br. The number of ether oxygens (including phenoxy) is 1. The van der Waals surface area contributed by atoms with Gasteiger partial charge in [0.2, 0.25) is 5.88 Å². The Morgan fingerprint density at radius 1 is 1.44 bits per heavy atom. The summed E-state index contributed by atoms with van der Waals surface area (Å²) < 4.78 is 18.7. The molecule has 0 saturated heterocycles. The number of rotatable bonds is 3. The van der Waals surface area contributed by atoms with Gasteiger partial charge in [-0.25, -0.2) is 19.2 Å². The summed E-state index contributed by atoms with van der Waals surface area (Å²) in [6.45, 7) is 0. The molecule has 92 valence electrons. The van der Waals surface area contributed by atoms with E-state index in [2.05, 4.69) is 25.9 Å². The van der Waals surface area contributed by atoms with Gasteiger partial charge in [-0.05, 0) is 34.1 Å². The first-order chi connectivity index (χ1) is 8.58. The predicted octanol–water partition coefficient (Wildman–Crippen LogP) is 2.87. The highest BCUT2D eigenvalue weighted by Crippen LogP contribution is 2.29. The molecule has 0 radical (unpaired) electrons. The molecule has 0 amide bonds. The summed E-state index contributed by atoms with van der Waals surface area (Å²) in [7, 11) is 0. The summed E-state index contributed by atoms with van der Waals surface area (Å²) in [5, 5.41) is 8.95. The van der Waals surface area contributed by atoms with Gasteiger partial charge in [-0.2, -0.15) is 0 Å². The number of hydrogen-bond acceptors (Lipinski definition) is 4. The van der Waals surface area contributed by atoms with Crippen molar-refractivity contribution >= 4 is 21.9 Å². The summed E-state index contributed by atoms with van der Waals surface area (Å²) in [6.07, 6.45) is 2.70. The summed E-state index contributed by atoms with van der Waals surface area (Å²) in [6, 6.07) is 3.22. The Kier molecular flexibility index (Phi) is 3.52. The number of nitrogens with zero attached hydrogens (tertiary/aromatic N) is 2. The summed E-state index contributed by atoms with van der Waals surface area (Å²) in [5.74, 6) is -1.78. The number of aromatic carboxylic acids is 1. The van der Waals surface area contributed by atoms with Gasteiger partial charge in [-0.3, -0.25) is 0 Å². The van der Waals surface area contributed by atoms with Gasteiger partial charge in [0.15, 0.2) is 0 Å². The van der Waals surface area contributed by atoms with Crippen LogP contribution in [0.15, 0.2) is 35.2 Å². The number of hydrogen-bond donors (Lipinski definition) is 1. The first-order valence-corrected chi connectivity index (χ1v) is 5.53. The molecule has 5 nitrogen and oxygen atoms in total. The van der Waals surface area contributed by atoms with Crippen molar-refractivity contribution in [2.45, 2.75) is 0 Å². The normalized spacial score (nSPS) is 10.1. The molecule has 2 aromatic rings. The summed E-state index contributed by atoms with van der Waals surface area (Å²) >= 11 is 3.16. The van der Waals surface area contributed by atoms with Gasteiger partial charge in [0.25, 0.3) is 0 Å². The smallest absolute Gasteiger partial charge is 0.339 e. The van der Waals surface area contributed by atoms with E-state index in [9.17, 15) is 9.18 Å². The fourth-order valence-electron chi connectivity index (χ4n) is 1.24. The number of carbonyl (C=O) groups is 1. The molecule has 7 heteroatoms. The van der Waals surface area contributed by atoms with Crippen LogP contribution < -0.4 is 4.74 Å². The minimum Gasteiger partial charge on any atom is -0.478 e. The molecule has 0 unspecified atom stereocenters. The maximum Gasteiger partial charge on any atom is 0.339 e. The molecule has 0 bridgehead atoms. The number of halogens is 2. The molecule has 0 spiro atoms. The number of carboxylic acids is 1. The minimum atomic E-state index is -1.28. The van der Waals surface area contributed by atoms with Crippen LogP contribution in [0.3, 0.4) is 0 Å². The van der Waals surface area contributed by atoms with Crippen molar-refractivity contribution in [1.29, 1.82) is 0 Å². The largest absolute Gasteiger partial charge is 0.478 e. The van der Waals surface area contributed by atoms with E-state index in [0.717, 1.165) is 12.1 Å². The predicted molar refractivity (Wildman–Crippen MR) is 63.2 cm³/mol. The Balaban J connectivity index is 2.41. The van der Waals surface area contributed by atoms with Gasteiger partial charge in [0.05, 0.1) is 4.47 Å². The Labute approximate surface area is 109 Å². The van der Waals surface area contributed by atoms with E-state index in [1.165, 1.54) is 18.6 Å². The second kappa shape index (κ2) is 5.09. The van der Waals surface area contributed by atoms with Crippen LogP contribution >= 0.6 is 15.9 Å². The zero-order valence-corrected chi connectivity index (χ0v) is 10.4.